The minimum Gasteiger partial charge on any atom is -0.494 e. The number of likely N-dealkylation sites (N-methyl/N-ethyl adjacent to an activating group) is 1. The average molecular weight is 465 g/mol. The zero-order chi connectivity index (χ0) is 23.7. The van der Waals surface area contributed by atoms with Crippen LogP contribution in [0.1, 0.15) is 28.6 Å². The van der Waals surface area contributed by atoms with Crippen molar-refractivity contribution >= 4 is 23.3 Å². The van der Waals surface area contributed by atoms with Crippen LogP contribution in [0.5, 0.6) is 5.75 Å². The van der Waals surface area contributed by atoms with Crippen molar-refractivity contribution in [3.8, 4) is 17.1 Å². The highest BCUT2D eigenvalue weighted by molar-refractivity contribution is 5.90. The lowest BCUT2D eigenvalue weighted by molar-refractivity contribution is 0.0478. The fourth-order valence-electron chi connectivity index (χ4n) is 4.36. The monoisotopic (exact) mass is 464 g/mol. The maximum atomic E-state index is 12.2. The van der Waals surface area contributed by atoms with E-state index in [4.69, 9.17) is 19.0 Å². The number of ether oxygens (including phenoxy) is 2. The highest BCUT2D eigenvalue weighted by Crippen LogP contribution is 2.35. The molecule has 1 fully saturated rings. The van der Waals surface area contributed by atoms with Gasteiger partial charge in [0.25, 0.3) is 0 Å². The lowest BCUT2D eigenvalue weighted by atomic mass is 9.94. The number of carbonyl (C=O) groups is 1. The molecule has 0 unspecified atom stereocenters. The largest absolute Gasteiger partial charge is 0.494 e. The Hall–Kier alpha value is -3.66. The molecular weight excluding hydrogens is 436 g/mol. The predicted octanol–water partition coefficient (Wildman–Crippen LogP) is 2.91. The van der Waals surface area contributed by atoms with Crippen LogP contribution in [0, 0.1) is 0 Å². The molecule has 0 radical (unpaired) electrons. The zero-order valence-corrected chi connectivity index (χ0v) is 19.6. The number of hydrogen-bond donors (Lipinski definition) is 1. The maximum absolute atomic E-state index is 12.2. The number of nitrogens with zero attached hydrogens (tertiary/aromatic N) is 5. The summed E-state index contributed by atoms with van der Waals surface area (Å²) in [5, 5.41) is 7.39. The Morgan fingerprint density at radius 2 is 2.00 bits per heavy atom. The second-order valence-corrected chi connectivity index (χ2v) is 8.43. The highest BCUT2D eigenvalue weighted by Gasteiger charge is 2.30. The van der Waals surface area contributed by atoms with Crippen LogP contribution in [0.2, 0.25) is 0 Å². The number of methoxy groups -OCH3 is 1. The van der Waals surface area contributed by atoms with E-state index in [1.54, 1.807) is 20.2 Å². The lowest BCUT2D eigenvalue weighted by Crippen LogP contribution is -2.44. The van der Waals surface area contributed by atoms with Gasteiger partial charge in [-0.3, -0.25) is 0 Å². The summed E-state index contributed by atoms with van der Waals surface area (Å²) in [7, 11) is 3.80. The molecule has 178 valence electrons. The average Bonchev–Trinajstić information content (AvgIpc) is 3.30. The Balaban J connectivity index is 1.40. The Morgan fingerprint density at radius 1 is 1.18 bits per heavy atom. The molecule has 0 bridgehead atoms. The summed E-state index contributed by atoms with van der Waals surface area (Å²) in [5.74, 6) is 0.775. The molecule has 10 nitrogen and oxygen atoms in total. The number of nitrogens with one attached hydrogen (secondary N) is 1. The van der Waals surface area contributed by atoms with E-state index in [2.05, 4.69) is 38.4 Å². The van der Waals surface area contributed by atoms with E-state index in [1.165, 1.54) is 0 Å². The molecule has 0 atom stereocenters. The van der Waals surface area contributed by atoms with Gasteiger partial charge >= 0.3 is 5.97 Å². The third-order valence-electron chi connectivity index (χ3n) is 6.28. The van der Waals surface area contributed by atoms with Gasteiger partial charge in [0.2, 0.25) is 11.7 Å². The van der Waals surface area contributed by atoms with Crippen molar-refractivity contribution < 1.29 is 18.8 Å². The number of aryl methyl sites for hydroxylation is 1. The molecule has 1 N–H and O–H groups in total. The third kappa shape index (κ3) is 4.16. The molecule has 1 aliphatic heterocycles. The smallest absolute Gasteiger partial charge is 0.377 e. The second kappa shape index (κ2) is 9.30. The minimum atomic E-state index is -0.503. The van der Waals surface area contributed by atoms with Gasteiger partial charge in [-0.1, -0.05) is 5.16 Å². The van der Waals surface area contributed by atoms with Crippen molar-refractivity contribution in [2.75, 3.05) is 57.2 Å². The Morgan fingerprint density at radius 3 is 2.76 bits per heavy atom. The molecule has 0 spiro atoms. The van der Waals surface area contributed by atoms with Crippen LogP contribution < -0.4 is 15.0 Å². The first kappa shape index (κ1) is 22.1. The molecule has 2 aromatic heterocycles. The van der Waals surface area contributed by atoms with Gasteiger partial charge in [0, 0.05) is 49.7 Å². The van der Waals surface area contributed by atoms with Crippen LogP contribution in [0.3, 0.4) is 0 Å². The number of carbonyl (C=O) groups excluding carboxylic acids is 1. The molecule has 1 saturated heterocycles. The molecular formula is C24H28N6O4. The summed E-state index contributed by atoms with van der Waals surface area (Å²) in [5.41, 5.74) is 4.80. The van der Waals surface area contributed by atoms with Gasteiger partial charge in [-0.05, 0) is 44.5 Å². The van der Waals surface area contributed by atoms with E-state index < -0.39 is 5.97 Å². The third-order valence-corrected chi connectivity index (χ3v) is 6.28. The molecule has 1 aliphatic carbocycles. The van der Waals surface area contributed by atoms with Crippen LogP contribution in [0.15, 0.2) is 28.9 Å². The quantitative estimate of drug-likeness (QED) is 0.547. The Labute approximate surface area is 197 Å². The number of esters is 1. The second-order valence-electron chi connectivity index (χ2n) is 8.43. The number of benzene rings is 1. The number of anilines is 3. The Bertz CT molecular complexity index is 1200. The summed E-state index contributed by atoms with van der Waals surface area (Å²) >= 11 is 0. The summed E-state index contributed by atoms with van der Waals surface area (Å²) in [4.78, 5) is 26.1. The lowest BCUT2D eigenvalue weighted by Gasteiger charge is -2.34. The van der Waals surface area contributed by atoms with Crippen molar-refractivity contribution in [2.45, 2.75) is 19.8 Å². The van der Waals surface area contributed by atoms with Crippen molar-refractivity contribution in [1.29, 1.82) is 0 Å². The van der Waals surface area contributed by atoms with Crippen LogP contribution in [-0.2, 0) is 17.6 Å². The standard InChI is InChI=1S/C24H28N6O4/c1-4-33-23(31)22-17-7-5-15-14-25-24(27-20(15)21(17)28-34-22)26-18-8-6-16(13-19(18)32-3)30-11-9-29(2)10-12-30/h6,8,13-14H,4-5,7,9-12H2,1-3H3,(H,25,26,27). The van der Waals surface area contributed by atoms with Crippen molar-refractivity contribution in [2.24, 2.45) is 0 Å². The molecule has 2 aliphatic rings. The molecule has 0 saturated carbocycles. The topological polar surface area (TPSA) is 106 Å². The van der Waals surface area contributed by atoms with E-state index in [0.717, 1.165) is 48.7 Å². The van der Waals surface area contributed by atoms with E-state index >= 15 is 0 Å². The number of rotatable bonds is 6. The van der Waals surface area contributed by atoms with Crippen molar-refractivity contribution in [1.82, 2.24) is 20.0 Å². The number of aromatic nitrogens is 3. The maximum Gasteiger partial charge on any atom is 0.377 e. The molecule has 3 heterocycles. The number of piperazine rings is 1. The fourth-order valence-corrected chi connectivity index (χ4v) is 4.36. The van der Waals surface area contributed by atoms with Crippen molar-refractivity contribution in [3.63, 3.8) is 0 Å². The Kier molecular flexibility index (Phi) is 6.06. The molecule has 5 rings (SSSR count). The summed E-state index contributed by atoms with van der Waals surface area (Å²) in [6, 6.07) is 6.10. The van der Waals surface area contributed by atoms with Crippen molar-refractivity contribution in [3.05, 3.63) is 41.3 Å². The molecule has 0 amide bonds. The SMILES string of the molecule is CCOC(=O)c1onc2c1CCc1cnc(Nc3ccc(N4CCN(C)CC4)cc3OC)nc1-2. The minimum absolute atomic E-state index is 0.150. The van der Waals surface area contributed by atoms with Gasteiger partial charge < -0.3 is 29.1 Å². The predicted molar refractivity (Wildman–Crippen MR) is 127 cm³/mol. The van der Waals surface area contributed by atoms with Crippen LogP contribution >= 0.6 is 0 Å². The summed E-state index contributed by atoms with van der Waals surface area (Å²) in [6.07, 6.45) is 3.11. The molecule has 3 aromatic rings. The van der Waals surface area contributed by atoms with E-state index in [1.807, 2.05) is 12.1 Å². The fraction of sp³-hybridized carbons (Fsp3) is 0.417. The van der Waals surface area contributed by atoms with Gasteiger partial charge in [-0.2, -0.15) is 0 Å². The summed E-state index contributed by atoms with van der Waals surface area (Å²) < 4.78 is 16.1. The first-order valence-electron chi connectivity index (χ1n) is 11.5. The molecule has 1 aromatic carbocycles. The van der Waals surface area contributed by atoms with Crippen LogP contribution in [-0.4, -0.2) is 72.9 Å². The number of hydrogen-bond acceptors (Lipinski definition) is 10. The first-order valence-corrected chi connectivity index (χ1v) is 11.5. The molecule has 34 heavy (non-hydrogen) atoms. The zero-order valence-electron chi connectivity index (χ0n) is 19.6. The first-order chi connectivity index (χ1) is 16.6. The van der Waals surface area contributed by atoms with Gasteiger partial charge in [-0.25, -0.2) is 14.8 Å². The molecule has 10 heteroatoms. The van der Waals surface area contributed by atoms with Crippen LogP contribution in [0.4, 0.5) is 17.3 Å². The normalized spacial score (nSPS) is 15.4. The van der Waals surface area contributed by atoms with Gasteiger partial charge in [-0.15, -0.1) is 0 Å². The van der Waals surface area contributed by atoms with Gasteiger partial charge in [0.05, 0.1) is 19.4 Å². The van der Waals surface area contributed by atoms with E-state index in [9.17, 15) is 4.79 Å². The number of fused-ring (bicyclic) bond motifs is 3. The van der Waals surface area contributed by atoms with E-state index in [0.29, 0.717) is 35.9 Å². The summed E-state index contributed by atoms with van der Waals surface area (Å²) in [6.45, 7) is 6.06. The van der Waals surface area contributed by atoms with Gasteiger partial charge in [0.15, 0.2) is 0 Å². The highest BCUT2D eigenvalue weighted by atomic mass is 16.6. The van der Waals surface area contributed by atoms with E-state index in [-0.39, 0.29) is 12.4 Å². The van der Waals surface area contributed by atoms with Crippen LogP contribution in [0.25, 0.3) is 11.4 Å². The van der Waals surface area contributed by atoms with Gasteiger partial charge in [0.1, 0.15) is 17.1 Å².